The summed E-state index contributed by atoms with van der Waals surface area (Å²) in [5.74, 6) is -0.322. The Bertz CT molecular complexity index is 346. The number of carbonyl (C=O) groups excluding carboxylic acids is 1. The second-order valence-corrected chi connectivity index (χ2v) is 6.09. The van der Waals surface area contributed by atoms with Crippen molar-refractivity contribution in [3.63, 3.8) is 0 Å². The van der Waals surface area contributed by atoms with E-state index >= 15 is 0 Å². The predicted molar refractivity (Wildman–Crippen MR) is 75.6 cm³/mol. The zero-order valence-electron chi connectivity index (χ0n) is 12.6. The number of aliphatic carboxylic acids is 1. The summed E-state index contributed by atoms with van der Waals surface area (Å²) in [6, 6.07) is -0.182. The summed E-state index contributed by atoms with van der Waals surface area (Å²) >= 11 is 0. The van der Waals surface area contributed by atoms with Crippen LogP contribution in [0.25, 0.3) is 0 Å². The van der Waals surface area contributed by atoms with E-state index in [9.17, 15) is 9.59 Å². The first-order valence-electron chi connectivity index (χ1n) is 7.19. The van der Waals surface area contributed by atoms with Gasteiger partial charge in [-0.2, -0.15) is 0 Å². The highest BCUT2D eigenvalue weighted by Crippen LogP contribution is 2.29. The Morgan fingerprint density at radius 3 is 2.70 bits per heavy atom. The molecule has 1 atom stereocenters. The topological polar surface area (TPSA) is 78.9 Å². The third-order valence-electron chi connectivity index (χ3n) is 3.47. The standard InChI is InChI=1S/C14H26N2O4/c1-11(2)9-20-8-4-6-15-13(19)16-7-5-14(3,10-16)12(17)18/h11H,4-10H2,1-3H3,(H,15,19)(H,17,18). The van der Waals surface area contributed by atoms with Crippen LogP contribution < -0.4 is 5.32 Å². The van der Waals surface area contributed by atoms with Gasteiger partial charge in [-0.15, -0.1) is 0 Å². The monoisotopic (exact) mass is 286 g/mol. The Morgan fingerprint density at radius 1 is 1.45 bits per heavy atom. The van der Waals surface area contributed by atoms with E-state index < -0.39 is 11.4 Å². The van der Waals surface area contributed by atoms with E-state index in [2.05, 4.69) is 19.2 Å². The summed E-state index contributed by atoms with van der Waals surface area (Å²) in [6.45, 7) is 8.56. The van der Waals surface area contributed by atoms with E-state index in [0.29, 0.717) is 32.0 Å². The van der Waals surface area contributed by atoms with Crippen LogP contribution in [0.1, 0.15) is 33.6 Å². The molecule has 1 unspecified atom stereocenters. The summed E-state index contributed by atoms with van der Waals surface area (Å²) in [5.41, 5.74) is -0.808. The first-order chi connectivity index (χ1) is 9.35. The summed E-state index contributed by atoms with van der Waals surface area (Å²) in [4.78, 5) is 24.6. The lowest BCUT2D eigenvalue weighted by Crippen LogP contribution is -2.41. The maximum absolute atomic E-state index is 11.9. The number of nitrogens with one attached hydrogen (secondary N) is 1. The molecule has 0 saturated carbocycles. The van der Waals surface area contributed by atoms with Crippen LogP contribution in [-0.4, -0.2) is 54.9 Å². The molecule has 0 aromatic carbocycles. The van der Waals surface area contributed by atoms with Crippen molar-refractivity contribution in [1.82, 2.24) is 10.2 Å². The van der Waals surface area contributed by atoms with Gasteiger partial charge >= 0.3 is 12.0 Å². The fourth-order valence-corrected chi connectivity index (χ4v) is 2.11. The van der Waals surface area contributed by atoms with Crippen molar-refractivity contribution in [2.75, 3.05) is 32.8 Å². The summed E-state index contributed by atoms with van der Waals surface area (Å²) in [7, 11) is 0. The zero-order chi connectivity index (χ0) is 15.2. The van der Waals surface area contributed by atoms with Crippen LogP contribution in [0.2, 0.25) is 0 Å². The number of ether oxygens (including phenoxy) is 1. The average Bonchev–Trinajstić information content (AvgIpc) is 2.77. The van der Waals surface area contributed by atoms with Crippen LogP contribution >= 0.6 is 0 Å². The minimum Gasteiger partial charge on any atom is -0.481 e. The number of urea groups is 1. The van der Waals surface area contributed by atoms with Gasteiger partial charge in [0.05, 0.1) is 5.41 Å². The van der Waals surface area contributed by atoms with Gasteiger partial charge in [-0.05, 0) is 25.7 Å². The molecule has 116 valence electrons. The Kier molecular flexibility index (Phi) is 6.26. The van der Waals surface area contributed by atoms with E-state index in [1.54, 1.807) is 11.8 Å². The largest absolute Gasteiger partial charge is 0.481 e. The van der Waals surface area contributed by atoms with Crippen LogP contribution in [0.15, 0.2) is 0 Å². The van der Waals surface area contributed by atoms with Crippen molar-refractivity contribution in [3.05, 3.63) is 0 Å². The van der Waals surface area contributed by atoms with Crippen molar-refractivity contribution in [2.24, 2.45) is 11.3 Å². The molecule has 1 aliphatic heterocycles. The molecule has 1 rings (SSSR count). The van der Waals surface area contributed by atoms with Crippen molar-refractivity contribution in [3.8, 4) is 0 Å². The van der Waals surface area contributed by atoms with E-state index in [1.807, 2.05) is 0 Å². The van der Waals surface area contributed by atoms with Crippen molar-refractivity contribution in [1.29, 1.82) is 0 Å². The number of amides is 2. The van der Waals surface area contributed by atoms with Gasteiger partial charge < -0.3 is 20.1 Å². The first-order valence-corrected chi connectivity index (χ1v) is 7.19. The molecule has 0 spiro atoms. The second kappa shape index (κ2) is 7.47. The number of carbonyl (C=O) groups is 2. The zero-order valence-corrected chi connectivity index (χ0v) is 12.6. The van der Waals surface area contributed by atoms with Crippen molar-refractivity contribution in [2.45, 2.75) is 33.6 Å². The first kappa shape index (κ1) is 16.8. The van der Waals surface area contributed by atoms with E-state index in [1.165, 1.54) is 0 Å². The molecule has 6 heteroatoms. The molecule has 0 bridgehead atoms. The third kappa shape index (κ3) is 5.00. The normalized spacial score (nSPS) is 22.3. The lowest BCUT2D eigenvalue weighted by Gasteiger charge is -2.20. The van der Waals surface area contributed by atoms with Crippen molar-refractivity contribution >= 4 is 12.0 Å². The molecule has 1 fully saturated rings. The number of hydrogen-bond acceptors (Lipinski definition) is 3. The molecule has 0 radical (unpaired) electrons. The van der Waals surface area contributed by atoms with Crippen molar-refractivity contribution < 1.29 is 19.4 Å². The Balaban J connectivity index is 2.17. The molecule has 0 aliphatic carbocycles. The van der Waals surface area contributed by atoms with Gasteiger partial charge in [-0.3, -0.25) is 4.79 Å². The predicted octanol–water partition coefficient (Wildman–Crippen LogP) is 1.56. The van der Waals surface area contributed by atoms with Gasteiger partial charge in [0.15, 0.2) is 0 Å². The van der Waals surface area contributed by atoms with Gasteiger partial charge in [0.25, 0.3) is 0 Å². The van der Waals surface area contributed by atoms with Crippen LogP contribution in [0.5, 0.6) is 0 Å². The smallest absolute Gasteiger partial charge is 0.317 e. The van der Waals surface area contributed by atoms with Crippen LogP contribution in [-0.2, 0) is 9.53 Å². The number of nitrogens with zero attached hydrogens (tertiary/aromatic N) is 1. The fraction of sp³-hybridized carbons (Fsp3) is 0.857. The number of likely N-dealkylation sites (tertiary alicyclic amines) is 1. The molecular formula is C14H26N2O4. The lowest BCUT2D eigenvalue weighted by atomic mass is 9.90. The summed E-state index contributed by atoms with van der Waals surface area (Å²) in [5, 5.41) is 11.9. The molecule has 0 aromatic rings. The summed E-state index contributed by atoms with van der Waals surface area (Å²) < 4.78 is 5.42. The summed E-state index contributed by atoms with van der Waals surface area (Å²) in [6.07, 6.45) is 1.27. The minimum atomic E-state index is -0.838. The molecule has 20 heavy (non-hydrogen) atoms. The SMILES string of the molecule is CC(C)COCCCNC(=O)N1CCC(C)(C(=O)O)C1. The Morgan fingerprint density at radius 2 is 2.15 bits per heavy atom. The number of carboxylic acids is 1. The Hall–Kier alpha value is -1.30. The number of rotatable bonds is 7. The maximum atomic E-state index is 11.9. The van der Waals surface area contributed by atoms with Gasteiger partial charge in [-0.25, -0.2) is 4.79 Å². The maximum Gasteiger partial charge on any atom is 0.317 e. The van der Waals surface area contributed by atoms with E-state index in [0.717, 1.165) is 13.0 Å². The van der Waals surface area contributed by atoms with Crippen LogP contribution in [0, 0.1) is 11.3 Å². The molecule has 0 aromatic heterocycles. The fourth-order valence-electron chi connectivity index (χ4n) is 2.11. The highest BCUT2D eigenvalue weighted by molar-refractivity contribution is 5.79. The van der Waals surface area contributed by atoms with Gasteiger partial charge in [0.2, 0.25) is 0 Å². The molecule has 1 aliphatic rings. The van der Waals surface area contributed by atoms with Crippen LogP contribution in [0.3, 0.4) is 0 Å². The molecule has 1 heterocycles. The quantitative estimate of drug-likeness (QED) is 0.696. The minimum absolute atomic E-state index is 0.182. The van der Waals surface area contributed by atoms with Crippen LogP contribution in [0.4, 0.5) is 4.79 Å². The molecule has 6 nitrogen and oxygen atoms in total. The lowest BCUT2D eigenvalue weighted by molar-refractivity contribution is -0.146. The second-order valence-electron chi connectivity index (χ2n) is 6.09. The number of hydrogen-bond donors (Lipinski definition) is 2. The number of carboxylic acid groups (broad SMARTS) is 1. The molecule has 2 N–H and O–H groups in total. The van der Waals surface area contributed by atoms with E-state index in [-0.39, 0.29) is 12.6 Å². The molecule has 1 saturated heterocycles. The van der Waals surface area contributed by atoms with Gasteiger partial charge in [-0.1, -0.05) is 13.8 Å². The van der Waals surface area contributed by atoms with Gasteiger partial charge in [0.1, 0.15) is 0 Å². The molecular weight excluding hydrogens is 260 g/mol. The highest BCUT2D eigenvalue weighted by Gasteiger charge is 2.42. The third-order valence-corrected chi connectivity index (χ3v) is 3.47. The highest BCUT2D eigenvalue weighted by atomic mass is 16.5. The average molecular weight is 286 g/mol. The Labute approximate surface area is 120 Å². The van der Waals surface area contributed by atoms with Gasteiger partial charge in [0, 0.05) is 32.8 Å². The molecule has 2 amide bonds. The van der Waals surface area contributed by atoms with E-state index in [4.69, 9.17) is 9.84 Å².